The SMILES string of the molecule is Cc1nccn1CCNC(=O)C1CCCNC1. The van der Waals surface area contributed by atoms with Crippen LogP contribution in [0.25, 0.3) is 0 Å². The Labute approximate surface area is 102 Å². The molecular formula is C12H20N4O. The third kappa shape index (κ3) is 3.30. The Morgan fingerprint density at radius 2 is 2.59 bits per heavy atom. The van der Waals surface area contributed by atoms with Gasteiger partial charge in [0, 0.05) is 32.0 Å². The van der Waals surface area contributed by atoms with Crippen molar-refractivity contribution in [2.75, 3.05) is 19.6 Å². The second-order valence-electron chi connectivity index (χ2n) is 4.50. The van der Waals surface area contributed by atoms with Crippen LogP contribution in [-0.2, 0) is 11.3 Å². The van der Waals surface area contributed by atoms with E-state index in [1.165, 1.54) is 0 Å². The van der Waals surface area contributed by atoms with Gasteiger partial charge in [-0.2, -0.15) is 0 Å². The third-order valence-electron chi connectivity index (χ3n) is 3.24. The first-order valence-electron chi connectivity index (χ1n) is 6.23. The van der Waals surface area contributed by atoms with Crippen LogP contribution in [0.1, 0.15) is 18.7 Å². The van der Waals surface area contributed by atoms with E-state index in [4.69, 9.17) is 0 Å². The van der Waals surface area contributed by atoms with Crippen LogP contribution < -0.4 is 10.6 Å². The Morgan fingerprint density at radius 3 is 3.24 bits per heavy atom. The molecule has 2 N–H and O–H groups in total. The summed E-state index contributed by atoms with van der Waals surface area (Å²) in [4.78, 5) is 16.0. The van der Waals surface area contributed by atoms with Crippen molar-refractivity contribution in [3.05, 3.63) is 18.2 Å². The number of aromatic nitrogens is 2. The van der Waals surface area contributed by atoms with Crippen LogP contribution in [0.15, 0.2) is 12.4 Å². The molecule has 0 aromatic carbocycles. The number of carbonyl (C=O) groups is 1. The second-order valence-corrected chi connectivity index (χ2v) is 4.50. The van der Waals surface area contributed by atoms with Gasteiger partial charge < -0.3 is 15.2 Å². The fourth-order valence-electron chi connectivity index (χ4n) is 2.16. The highest BCUT2D eigenvalue weighted by Gasteiger charge is 2.20. The molecule has 1 fully saturated rings. The van der Waals surface area contributed by atoms with Crippen LogP contribution in [0.4, 0.5) is 0 Å². The van der Waals surface area contributed by atoms with Crippen molar-refractivity contribution in [3.8, 4) is 0 Å². The molecular weight excluding hydrogens is 216 g/mol. The number of carbonyl (C=O) groups excluding carboxylic acids is 1. The molecule has 1 aromatic rings. The molecule has 2 heterocycles. The Balaban J connectivity index is 1.71. The van der Waals surface area contributed by atoms with Crippen LogP contribution >= 0.6 is 0 Å². The van der Waals surface area contributed by atoms with Gasteiger partial charge in [-0.3, -0.25) is 4.79 Å². The van der Waals surface area contributed by atoms with Crippen LogP contribution in [-0.4, -0.2) is 35.1 Å². The molecule has 1 aliphatic rings. The molecule has 2 rings (SSSR count). The van der Waals surface area contributed by atoms with E-state index in [0.717, 1.165) is 38.3 Å². The van der Waals surface area contributed by atoms with Crippen molar-refractivity contribution in [2.24, 2.45) is 5.92 Å². The third-order valence-corrected chi connectivity index (χ3v) is 3.24. The summed E-state index contributed by atoms with van der Waals surface area (Å²) in [5.41, 5.74) is 0. The molecule has 0 radical (unpaired) electrons. The zero-order valence-electron chi connectivity index (χ0n) is 10.3. The summed E-state index contributed by atoms with van der Waals surface area (Å²) < 4.78 is 2.04. The minimum atomic E-state index is 0.146. The lowest BCUT2D eigenvalue weighted by Crippen LogP contribution is -2.41. The van der Waals surface area contributed by atoms with Crippen molar-refractivity contribution in [3.63, 3.8) is 0 Å². The second kappa shape index (κ2) is 5.82. The molecule has 94 valence electrons. The van der Waals surface area contributed by atoms with Crippen LogP contribution in [0, 0.1) is 12.8 Å². The van der Waals surface area contributed by atoms with Gasteiger partial charge in [0.05, 0.1) is 5.92 Å². The highest BCUT2D eigenvalue weighted by atomic mass is 16.1. The molecule has 1 atom stereocenters. The van der Waals surface area contributed by atoms with Gasteiger partial charge in [0.15, 0.2) is 0 Å². The van der Waals surface area contributed by atoms with E-state index in [0.29, 0.717) is 6.54 Å². The summed E-state index contributed by atoms with van der Waals surface area (Å²) in [6, 6.07) is 0. The average molecular weight is 236 g/mol. The summed E-state index contributed by atoms with van der Waals surface area (Å²) in [6.07, 6.45) is 5.81. The van der Waals surface area contributed by atoms with Gasteiger partial charge in [0.2, 0.25) is 5.91 Å². The van der Waals surface area contributed by atoms with E-state index in [9.17, 15) is 4.79 Å². The molecule has 0 bridgehead atoms. The summed E-state index contributed by atoms with van der Waals surface area (Å²) in [6.45, 7) is 5.28. The number of rotatable bonds is 4. The van der Waals surface area contributed by atoms with Crippen LogP contribution in [0.5, 0.6) is 0 Å². The van der Waals surface area contributed by atoms with Crippen molar-refractivity contribution in [1.82, 2.24) is 20.2 Å². The van der Waals surface area contributed by atoms with Gasteiger partial charge in [-0.25, -0.2) is 4.98 Å². The average Bonchev–Trinajstić information content (AvgIpc) is 2.76. The molecule has 1 aliphatic heterocycles. The molecule has 1 aromatic heterocycles. The standard InChI is InChI=1S/C12H20N4O/c1-10-14-5-7-16(10)8-6-15-12(17)11-3-2-4-13-9-11/h5,7,11,13H,2-4,6,8-9H2,1H3,(H,15,17). The Bertz CT molecular complexity index is 368. The number of hydrogen-bond donors (Lipinski definition) is 2. The number of nitrogens with one attached hydrogen (secondary N) is 2. The maximum atomic E-state index is 11.8. The van der Waals surface area contributed by atoms with Crippen LogP contribution in [0.3, 0.4) is 0 Å². The highest BCUT2D eigenvalue weighted by Crippen LogP contribution is 2.09. The number of hydrogen-bond acceptors (Lipinski definition) is 3. The van der Waals surface area contributed by atoms with Gasteiger partial charge in [0.1, 0.15) is 5.82 Å². The minimum absolute atomic E-state index is 0.146. The Kier molecular flexibility index (Phi) is 4.14. The number of nitrogens with zero attached hydrogens (tertiary/aromatic N) is 2. The molecule has 5 nitrogen and oxygen atoms in total. The summed E-state index contributed by atoms with van der Waals surface area (Å²) in [5.74, 6) is 1.31. The van der Waals surface area contributed by atoms with Crippen molar-refractivity contribution in [2.45, 2.75) is 26.3 Å². The summed E-state index contributed by atoms with van der Waals surface area (Å²) in [5, 5.41) is 6.24. The summed E-state index contributed by atoms with van der Waals surface area (Å²) in [7, 11) is 0. The maximum absolute atomic E-state index is 11.8. The zero-order valence-corrected chi connectivity index (χ0v) is 10.3. The number of amides is 1. The molecule has 0 aliphatic carbocycles. The van der Waals surface area contributed by atoms with Gasteiger partial charge in [-0.15, -0.1) is 0 Å². The number of imidazole rings is 1. The quantitative estimate of drug-likeness (QED) is 0.791. The predicted molar refractivity (Wildman–Crippen MR) is 65.6 cm³/mol. The monoisotopic (exact) mass is 236 g/mol. The molecule has 5 heteroatoms. The van der Waals surface area contributed by atoms with Crippen molar-refractivity contribution in [1.29, 1.82) is 0 Å². The smallest absolute Gasteiger partial charge is 0.224 e. The van der Waals surface area contributed by atoms with Crippen molar-refractivity contribution >= 4 is 5.91 Å². The lowest BCUT2D eigenvalue weighted by atomic mass is 9.99. The zero-order chi connectivity index (χ0) is 12.1. The first-order chi connectivity index (χ1) is 8.27. The highest BCUT2D eigenvalue weighted by molar-refractivity contribution is 5.78. The van der Waals surface area contributed by atoms with Crippen LogP contribution in [0.2, 0.25) is 0 Å². The van der Waals surface area contributed by atoms with Gasteiger partial charge >= 0.3 is 0 Å². The molecule has 0 saturated carbocycles. The Hall–Kier alpha value is -1.36. The predicted octanol–water partition coefficient (Wildman–Crippen LogP) is 0.307. The van der Waals surface area contributed by atoms with E-state index in [2.05, 4.69) is 15.6 Å². The number of piperidine rings is 1. The molecule has 0 spiro atoms. The lowest BCUT2D eigenvalue weighted by molar-refractivity contribution is -0.125. The molecule has 1 amide bonds. The first-order valence-corrected chi connectivity index (χ1v) is 6.23. The van der Waals surface area contributed by atoms with Gasteiger partial charge in [0.25, 0.3) is 0 Å². The van der Waals surface area contributed by atoms with E-state index in [1.807, 2.05) is 17.7 Å². The summed E-state index contributed by atoms with van der Waals surface area (Å²) >= 11 is 0. The maximum Gasteiger partial charge on any atom is 0.224 e. The first kappa shape index (κ1) is 12.1. The largest absolute Gasteiger partial charge is 0.354 e. The van der Waals surface area contributed by atoms with Gasteiger partial charge in [-0.1, -0.05) is 0 Å². The molecule has 1 unspecified atom stereocenters. The normalized spacial score (nSPS) is 20.2. The Morgan fingerprint density at radius 1 is 1.71 bits per heavy atom. The fourth-order valence-corrected chi connectivity index (χ4v) is 2.16. The van der Waals surface area contributed by atoms with E-state index in [-0.39, 0.29) is 11.8 Å². The number of aryl methyl sites for hydroxylation is 1. The fraction of sp³-hybridized carbons (Fsp3) is 0.667. The van der Waals surface area contributed by atoms with Gasteiger partial charge in [-0.05, 0) is 26.3 Å². The van der Waals surface area contributed by atoms with E-state index >= 15 is 0 Å². The molecule has 17 heavy (non-hydrogen) atoms. The molecule has 1 saturated heterocycles. The topological polar surface area (TPSA) is 59.0 Å². The lowest BCUT2D eigenvalue weighted by Gasteiger charge is -2.21. The van der Waals surface area contributed by atoms with E-state index in [1.54, 1.807) is 6.20 Å². The van der Waals surface area contributed by atoms with E-state index < -0.39 is 0 Å². The minimum Gasteiger partial charge on any atom is -0.354 e. The van der Waals surface area contributed by atoms with Crippen molar-refractivity contribution < 1.29 is 4.79 Å².